The third kappa shape index (κ3) is 5.64. The number of piperidine rings is 1. The van der Waals surface area contributed by atoms with E-state index in [1.807, 2.05) is 10.9 Å². The van der Waals surface area contributed by atoms with E-state index in [1.54, 1.807) is 13.2 Å². The molecule has 3 heterocycles. The Labute approximate surface area is 197 Å². The summed E-state index contributed by atoms with van der Waals surface area (Å²) < 4.78 is 1.91. The SMILES string of the molecule is CNC(=O)c1cnn([C@@H]2CCCN(C(=O)C3(C)CCN(CCc4ccccc4)CC3)CC2)c1. The van der Waals surface area contributed by atoms with Gasteiger partial charge in [0.1, 0.15) is 0 Å². The minimum Gasteiger partial charge on any atom is -0.355 e. The molecule has 2 aromatic rings. The number of aromatic nitrogens is 2. The first-order valence-electron chi connectivity index (χ1n) is 12.3. The average Bonchev–Trinajstić information content (AvgIpc) is 3.21. The quantitative estimate of drug-likeness (QED) is 0.733. The Hall–Kier alpha value is -2.67. The first-order valence-corrected chi connectivity index (χ1v) is 12.3. The summed E-state index contributed by atoms with van der Waals surface area (Å²) in [5.41, 5.74) is 1.70. The van der Waals surface area contributed by atoms with Gasteiger partial charge in [0.05, 0.1) is 17.8 Å². The molecule has 7 heteroatoms. The molecule has 1 atom stereocenters. The second-order valence-electron chi connectivity index (χ2n) is 9.80. The van der Waals surface area contributed by atoms with Crippen LogP contribution < -0.4 is 5.32 Å². The number of nitrogens with one attached hydrogen (secondary N) is 1. The molecule has 1 N–H and O–H groups in total. The molecule has 2 aliphatic rings. The van der Waals surface area contributed by atoms with Crippen molar-refractivity contribution in [3.05, 3.63) is 53.9 Å². The maximum atomic E-state index is 13.5. The van der Waals surface area contributed by atoms with Gasteiger partial charge in [-0.25, -0.2) is 0 Å². The standard InChI is InChI=1S/C26H37N5O2/c1-26(12-17-29(18-13-26)15-10-21-7-4-3-5-8-21)25(33)30-14-6-9-23(11-16-30)31-20-22(19-28-31)24(32)27-2/h3-5,7-8,19-20,23H,6,9-18H2,1-2H3,(H,27,32)/t23-/m1/s1. The van der Waals surface area contributed by atoms with E-state index in [0.717, 1.165) is 71.2 Å². The monoisotopic (exact) mass is 451 g/mol. The molecule has 0 unspecified atom stereocenters. The molecule has 2 amide bonds. The fourth-order valence-electron chi connectivity index (χ4n) is 5.14. The number of hydrogen-bond acceptors (Lipinski definition) is 4. The fourth-order valence-corrected chi connectivity index (χ4v) is 5.14. The average molecular weight is 452 g/mol. The minimum atomic E-state index is -0.263. The van der Waals surface area contributed by atoms with Gasteiger partial charge in [0.15, 0.2) is 0 Å². The Kier molecular flexibility index (Phi) is 7.48. The van der Waals surface area contributed by atoms with E-state index < -0.39 is 0 Å². The molecule has 0 radical (unpaired) electrons. The number of amides is 2. The van der Waals surface area contributed by atoms with Crippen molar-refractivity contribution in [1.82, 2.24) is 24.9 Å². The largest absolute Gasteiger partial charge is 0.355 e. The van der Waals surface area contributed by atoms with E-state index in [2.05, 4.69) is 57.5 Å². The first-order chi connectivity index (χ1) is 16.0. The van der Waals surface area contributed by atoms with Crippen LogP contribution in [0.1, 0.15) is 61.0 Å². The van der Waals surface area contributed by atoms with Gasteiger partial charge in [-0.05, 0) is 57.2 Å². The topological polar surface area (TPSA) is 70.5 Å². The molecule has 2 fully saturated rings. The first kappa shape index (κ1) is 23.5. The number of nitrogens with zero attached hydrogens (tertiary/aromatic N) is 4. The molecule has 1 aromatic heterocycles. The zero-order chi connectivity index (χ0) is 23.3. The highest BCUT2D eigenvalue weighted by Gasteiger charge is 2.40. The summed E-state index contributed by atoms with van der Waals surface area (Å²) in [6, 6.07) is 10.9. The van der Waals surface area contributed by atoms with Crippen molar-refractivity contribution in [3.63, 3.8) is 0 Å². The van der Waals surface area contributed by atoms with E-state index in [9.17, 15) is 9.59 Å². The third-order valence-corrected chi connectivity index (χ3v) is 7.49. The Bertz CT molecular complexity index is 933. The van der Waals surface area contributed by atoms with Gasteiger partial charge in [-0.1, -0.05) is 37.3 Å². The predicted octanol–water partition coefficient (Wildman–Crippen LogP) is 3.14. The summed E-state index contributed by atoms with van der Waals surface area (Å²) >= 11 is 0. The molecule has 0 aliphatic carbocycles. The fraction of sp³-hybridized carbons (Fsp3) is 0.577. The number of rotatable bonds is 6. The highest BCUT2D eigenvalue weighted by atomic mass is 16.2. The third-order valence-electron chi connectivity index (χ3n) is 7.49. The summed E-state index contributed by atoms with van der Waals surface area (Å²) in [6.45, 7) is 6.76. The van der Waals surface area contributed by atoms with Crippen LogP contribution in [0, 0.1) is 5.41 Å². The van der Waals surface area contributed by atoms with Crippen molar-refractivity contribution in [2.75, 3.05) is 39.8 Å². The van der Waals surface area contributed by atoms with Crippen LogP contribution in [0.3, 0.4) is 0 Å². The predicted molar refractivity (Wildman–Crippen MR) is 129 cm³/mol. The maximum absolute atomic E-state index is 13.5. The Morgan fingerprint density at radius 2 is 1.85 bits per heavy atom. The van der Waals surface area contributed by atoms with Crippen molar-refractivity contribution in [2.45, 2.75) is 51.5 Å². The van der Waals surface area contributed by atoms with Gasteiger partial charge >= 0.3 is 0 Å². The lowest BCUT2D eigenvalue weighted by atomic mass is 9.79. The van der Waals surface area contributed by atoms with E-state index in [0.29, 0.717) is 11.5 Å². The van der Waals surface area contributed by atoms with Crippen LogP contribution in [0.5, 0.6) is 0 Å². The second-order valence-corrected chi connectivity index (χ2v) is 9.80. The molecular formula is C26H37N5O2. The van der Waals surface area contributed by atoms with Crippen LogP contribution in [0.2, 0.25) is 0 Å². The van der Waals surface area contributed by atoms with Crippen molar-refractivity contribution in [1.29, 1.82) is 0 Å². The highest BCUT2D eigenvalue weighted by Crippen LogP contribution is 2.34. The van der Waals surface area contributed by atoms with Gasteiger partial charge in [0.25, 0.3) is 5.91 Å². The van der Waals surface area contributed by atoms with Crippen LogP contribution in [-0.2, 0) is 11.2 Å². The van der Waals surface area contributed by atoms with Crippen molar-refractivity contribution >= 4 is 11.8 Å². The van der Waals surface area contributed by atoms with Crippen molar-refractivity contribution < 1.29 is 9.59 Å². The molecule has 2 saturated heterocycles. The lowest BCUT2D eigenvalue weighted by molar-refractivity contribution is -0.144. The molecule has 0 saturated carbocycles. The second kappa shape index (κ2) is 10.5. The Morgan fingerprint density at radius 1 is 1.09 bits per heavy atom. The molecule has 4 rings (SSSR count). The lowest BCUT2D eigenvalue weighted by Crippen LogP contribution is -2.49. The smallest absolute Gasteiger partial charge is 0.254 e. The molecule has 33 heavy (non-hydrogen) atoms. The lowest BCUT2D eigenvalue weighted by Gasteiger charge is -2.41. The van der Waals surface area contributed by atoms with Gasteiger partial charge < -0.3 is 15.1 Å². The van der Waals surface area contributed by atoms with Crippen LogP contribution >= 0.6 is 0 Å². The summed E-state index contributed by atoms with van der Waals surface area (Å²) in [5, 5.41) is 7.06. The van der Waals surface area contributed by atoms with Crippen molar-refractivity contribution in [3.8, 4) is 0 Å². The van der Waals surface area contributed by atoms with Gasteiger partial charge in [0.2, 0.25) is 5.91 Å². The maximum Gasteiger partial charge on any atom is 0.254 e. The van der Waals surface area contributed by atoms with Crippen LogP contribution in [0.15, 0.2) is 42.7 Å². The Morgan fingerprint density at radius 3 is 2.58 bits per heavy atom. The van der Waals surface area contributed by atoms with Gasteiger partial charge in [-0.15, -0.1) is 0 Å². The van der Waals surface area contributed by atoms with Gasteiger partial charge in [-0.3, -0.25) is 14.3 Å². The van der Waals surface area contributed by atoms with Gasteiger partial charge in [-0.2, -0.15) is 5.10 Å². The number of carbonyl (C=O) groups excluding carboxylic acids is 2. The van der Waals surface area contributed by atoms with Crippen molar-refractivity contribution in [2.24, 2.45) is 5.41 Å². The summed E-state index contributed by atoms with van der Waals surface area (Å²) in [4.78, 5) is 30.0. The van der Waals surface area contributed by atoms with E-state index in [4.69, 9.17) is 0 Å². The van der Waals surface area contributed by atoms with E-state index in [-0.39, 0.29) is 17.4 Å². The molecule has 7 nitrogen and oxygen atoms in total. The zero-order valence-electron chi connectivity index (χ0n) is 20.0. The molecule has 178 valence electrons. The minimum absolute atomic E-state index is 0.116. The highest BCUT2D eigenvalue weighted by molar-refractivity contribution is 5.93. The molecular weight excluding hydrogens is 414 g/mol. The zero-order valence-corrected chi connectivity index (χ0v) is 20.0. The number of benzene rings is 1. The van der Waals surface area contributed by atoms with E-state index in [1.165, 1.54) is 5.56 Å². The molecule has 1 aromatic carbocycles. The summed E-state index contributed by atoms with van der Waals surface area (Å²) in [6.07, 6.45) is 9.18. The normalized spacial score (nSPS) is 21.4. The van der Waals surface area contributed by atoms with Crippen LogP contribution in [0.4, 0.5) is 0 Å². The molecule has 0 spiro atoms. The number of likely N-dealkylation sites (tertiary alicyclic amines) is 2. The van der Waals surface area contributed by atoms with E-state index >= 15 is 0 Å². The van der Waals surface area contributed by atoms with Crippen LogP contribution in [-0.4, -0.2) is 71.2 Å². The Balaban J connectivity index is 1.28. The van der Waals surface area contributed by atoms with Crippen LogP contribution in [0.25, 0.3) is 0 Å². The number of carbonyl (C=O) groups is 2. The molecule has 0 bridgehead atoms. The number of hydrogen-bond donors (Lipinski definition) is 1. The summed E-state index contributed by atoms with van der Waals surface area (Å²) in [5.74, 6) is 0.201. The molecule has 2 aliphatic heterocycles. The summed E-state index contributed by atoms with van der Waals surface area (Å²) in [7, 11) is 1.63. The van der Waals surface area contributed by atoms with Gasteiger partial charge in [0, 0.05) is 38.3 Å².